The van der Waals surface area contributed by atoms with Crippen LogP contribution in [0.5, 0.6) is 5.75 Å². The molecule has 4 heteroatoms. The highest BCUT2D eigenvalue weighted by molar-refractivity contribution is 5.82. The van der Waals surface area contributed by atoms with Crippen molar-refractivity contribution < 1.29 is 9.53 Å². The summed E-state index contributed by atoms with van der Waals surface area (Å²) in [7, 11) is 1.62. The van der Waals surface area contributed by atoms with Gasteiger partial charge in [0.1, 0.15) is 11.8 Å². The van der Waals surface area contributed by atoms with Gasteiger partial charge in [-0.2, -0.15) is 0 Å². The monoisotopic (exact) mass is 250 g/mol. The molecule has 0 aliphatic rings. The number of unbranched alkanes of at least 4 members (excludes halogenated alkanes) is 2. The molecule has 3 N–H and O–H groups in total. The van der Waals surface area contributed by atoms with Crippen LogP contribution in [0.4, 0.5) is 5.69 Å². The first-order valence-electron chi connectivity index (χ1n) is 6.37. The van der Waals surface area contributed by atoms with E-state index in [-0.39, 0.29) is 11.9 Å². The average molecular weight is 250 g/mol. The van der Waals surface area contributed by atoms with E-state index < -0.39 is 0 Å². The lowest BCUT2D eigenvalue weighted by Crippen LogP contribution is -2.35. The molecule has 0 saturated carbocycles. The maximum atomic E-state index is 11.4. The second kappa shape index (κ2) is 7.58. The van der Waals surface area contributed by atoms with Crippen LogP contribution in [0.15, 0.2) is 24.3 Å². The smallest absolute Gasteiger partial charge is 0.239 e. The van der Waals surface area contributed by atoms with Gasteiger partial charge >= 0.3 is 0 Å². The Bertz CT molecular complexity index is 380. The van der Waals surface area contributed by atoms with Crippen LogP contribution in [0.2, 0.25) is 0 Å². The quantitative estimate of drug-likeness (QED) is 0.697. The van der Waals surface area contributed by atoms with Crippen molar-refractivity contribution >= 4 is 11.6 Å². The highest BCUT2D eigenvalue weighted by atomic mass is 16.5. The predicted octanol–water partition coefficient (Wildman–Crippen LogP) is 2.54. The molecule has 1 rings (SSSR count). The third-order valence-electron chi connectivity index (χ3n) is 2.85. The van der Waals surface area contributed by atoms with E-state index in [9.17, 15) is 4.79 Å². The summed E-state index contributed by atoms with van der Waals surface area (Å²) in [6, 6.07) is 7.18. The summed E-state index contributed by atoms with van der Waals surface area (Å²) in [5.74, 6) is 0.450. The second-order valence-electron chi connectivity index (χ2n) is 4.33. The number of primary amides is 1. The van der Waals surface area contributed by atoms with Gasteiger partial charge in [0.05, 0.1) is 7.11 Å². The molecule has 1 aromatic carbocycles. The van der Waals surface area contributed by atoms with Crippen LogP contribution in [0.25, 0.3) is 0 Å². The van der Waals surface area contributed by atoms with E-state index in [1.54, 1.807) is 7.11 Å². The number of nitrogens with two attached hydrogens (primary N) is 1. The Morgan fingerprint density at radius 1 is 1.44 bits per heavy atom. The molecule has 0 aliphatic heterocycles. The topological polar surface area (TPSA) is 64.3 Å². The van der Waals surface area contributed by atoms with Crippen molar-refractivity contribution in [3.63, 3.8) is 0 Å². The predicted molar refractivity (Wildman–Crippen MR) is 73.7 cm³/mol. The lowest BCUT2D eigenvalue weighted by atomic mass is 10.1. The number of amides is 1. The summed E-state index contributed by atoms with van der Waals surface area (Å²) >= 11 is 0. The Balaban J connectivity index is 2.61. The highest BCUT2D eigenvalue weighted by Gasteiger charge is 2.14. The standard InChI is InChI=1S/C14H22N2O2/c1-3-4-5-9-13(14(15)17)16-11-7-6-8-12(10-11)18-2/h6-8,10,13,16H,3-5,9H2,1-2H3,(H2,15,17). The molecule has 1 amide bonds. The van der Waals surface area contributed by atoms with Crippen molar-refractivity contribution in [1.29, 1.82) is 0 Å². The van der Waals surface area contributed by atoms with E-state index in [1.165, 1.54) is 0 Å². The van der Waals surface area contributed by atoms with Gasteiger partial charge in [-0.15, -0.1) is 0 Å². The zero-order chi connectivity index (χ0) is 13.4. The lowest BCUT2D eigenvalue weighted by Gasteiger charge is -2.17. The van der Waals surface area contributed by atoms with Gasteiger partial charge in [-0.25, -0.2) is 0 Å². The SMILES string of the molecule is CCCCCC(Nc1cccc(OC)c1)C(N)=O. The van der Waals surface area contributed by atoms with Crippen LogP contribution in [-0.4, -0.2) is 19.1 Å². The maximum absolute atomic E-state index is 11.4. The number of carbonyl (C=O) groups excluding carboxylic acids is 1. The van der Waals surface area contributed by atoms with Crippen molar-refractivity contribution in [2.75, 3.05) is 12.4 Å². The van der Waals surface area contributed by atoms with E-state index in [2.05, 4.69) is 12.2 Å². The number of rotatable bonds is 8. The largest absolute Gasteiger partial charge is 0.497 e. The molecule has 0 fully saturated rings. The minimum absolute atomic E-state index is 0.311. The molecule has 0 spiro atoms. The molecular formula is C14H22N2O2. The molecule has 1 atom stereocenters. The minimum atomic E-state index is -0.316. The van der Waals surface area contributed by atoms with Crippen molar-refractivity contribution in [3.05, 3.63) is 24.3 Å². The van der Waals surface area contributed by atoms with Gasteiger partial charge < -0.3 is 15.8 Å². The molecule has 4 nitrogen and oxygen atoms in total. The van der Waals surface area contributed by atoms with Gasteiger partial charge in [-0.3, -0.25) is 4.79 Å². The number of hydrogen-bond acceptors (Lipinski definition) is 3. The lowest BCUT2D eigenvalue weighted by molar-refractivity contribution is -0.118. The number of methoxy groups -OCH3 is 1. The fourth-order valence-electron chi connectivity index (χ4n) is 1.80. The third kappa shape index (κ3) is 4.65. The number of benzene rings is 1. The summed E-state index contributed by atoms with van der Waals surface area (Å²) in [6.45, 7) is 2.13. The van der Waals surface area contributed by atoms with Crippen LogP contribution in [0.3, 0.4) is 0 Å². The summed E-state index contributed by atoms with van der Waals surface area (Å²) in [5, 5.41) is 3.16. The summed E-state index contributed by atoms with van der Waals surface area (Å²) < 4.78 is 5.14. The van der Waals surface area contributed by atoms with Crippen molar-refractivity contribution in [2.24, 2.45) is 5.73 Å². The molecule has 1 unspecified atom stereocenters. The van der Waals surface area contributed by atoms with Crippen LogP contribution in [-0.2, 0) is 4.79 Å². The maximum Gasteiger partial charge on any atom is 0.239 e. The molecule has 0 saturated heterocycles. The number of ether oxygens (including phenoxy) is 1. The van der Waals surface area contributed by atoms with E-state index in [0.717, 1.165) is 37.1 Å². The fraction of sp³-hybridized carbons (Fsp3) is 0.500. The molecule has 18 heavy (non-hydrogen) atoms. The molecule has 0 radical (unpaired) electrons. The van der Waals surface area contributed by atoms with Gasteiger partial charge in [0.25, 0.3) is 0 Å². The number of hydrogen-bond donors (Lipinski definition) is 2. The molecule has 0 aromatic heterocycles. The van der Waals surface area contributed by atoms with Gasteiger partial charge in [0.15, 0.2) is 0 Å². The summed E-state index contributed by atoms with van der Waals surface area (Å²) in [5.41, 5.74) is 6.26. The molecule has 1 aromatic rings. The van der Waals surface area contributed by atoms with Crippen molar-refractivity contribution in [2.45, 2.75) is 38.6 Å². The molecule has 0 bridgehead atoms. The number of carbonyl (C=O) groups is 1. The Morgan fingerprint density at radius 2 is 2.22 bits per heavy atom. The Morgan fingerprint density at radius 3 is 2.83 bits per heavy atom. The normalized spacial score (nSPS) is 11.9. The number of anilines is 1. The zero-order valence-electron chi connectivity index (χ0n) is 11.1. The molecule has 0 aliphatic carbocycles. The molecular weight excluding hydrogens is 228 g/mol. The Hall–Kier alpha value is -1.71. The first-order valence-corrected chi connectivity index (χ1v) is 6.37. The van der Waals surface area contributed by atoms with Crippen molar-refractivity contribution in [1.82, 2.24) is 0 Å². The van der Waals surface area contributed by atoms with Gasteiger partial charge in [0, 0.05) is 11.8 Å². The van der Waals surface area contributed by atoms with Gasteiger partial charge in [-0.05, 0) is 18.6 Å². The Kier molecular flexibility index (Phi) is 6.05. The zero-order valence-corrected chi connectivity index (χ0v) is 11.1. The van der Waals surface area contributed by atoms with E-state index >= 15 is 0 Å². The van der Waals surface area contributed by atoms with Crippen LogP contribution in [0, 0.1) is 0 Å². The average Bonchev–Trinajstić information content (AvgIpc) is 2.38. The summed E-state index contributed by atoms with van der Waals surface area (Å²) in [6.07, 6.45) is 4.01. The number of nitrogens with one attached hydrogen (secondary N) is 1. The molecule has 100 valence electrons. The first kappa shape index (κ1) is 14.4. The first-order chi connectivity index (χ1) is 8.67. The third-order valence-corrected chi connectivity index (χ3v) is 2.85. The second-order valence-corrected chi connectivity index (χ2v) is 4.33. The van der Waals surface area contributed by atoms with Gasteiger partial charge in [0.2, 0.25) is 5.91 Å². The minimum Gasteiger partial charge on any atom is -0.497 e. The Labute approximate surface area is 109 Å². The van der Waals surface area contributed by atoms with Crippen LogP contribution < -0.4 is 15.8 Å². The highest BCUT2D eigenvalue weighted by Crippen LogP contribution is 2.18. The fourth-order valence-corrected chi connectivity index (χ4v) is 1.80. The molecule has 0 heterocycles. The van der Waals surface area contributed by atoms with E-state index in [0.29, 0.717) is 0 Å². The van der Waals surface area contributed by atoms with Crippen LogP contribution >= 0.6 is 0 Å². The van der Waals surface area contributed by atoms with Gasteiger partial charge in [-0.1, -0.05) is 32.3 Å². The summed E-state index contributed by atoms with van der Waals surface area (Å²) in [4.78, 5) is 11.4. The van der Waals surface area contributed by atoms with Crippen LogP contribution in [0.1, 0.15) is 32.6 Å². The van der Waals surface area contributed by atoms with E-state index in [4.69, 9.17) is 10.5 Å². The van der Waals surface area contributed by atoms with E-state index in [1.807, 2.05) is 24.3 Å². The van der Waals surface area contributed by atoms with Crippen molar-refractivity contribution in [3.8, 4) is 5.75 Å².